The second-order valence-electron chi connectivity index (χ2n) is 5.75. The third-order valence-electron chi connectivity index (χ3n) is 4.29. The molecule has 104 valence electrons. The number of aryl methyl sites for hydroxylation is 1. The van der Waals surface area contributed by atoms with Gasteiger partial charge in [0.2, 0.25) is 0 Å². The predicted molar refractivity (Wildman–Crippen MR) is 73.1 cm³/mol. The Kier molecular flexibility index (Phi) is 3.33. The van der Waals surface area contributed by atoms with E-state index in [9.17, 15) is 0 Å². The maximum atomic E-state index is 6.42. The van der Waals surface area contributed by atoms with E-state index < -0.39 is 0 Å². The van der Waals surface area contributed by atoms with Crippen LogP contribution in [0.25, 0.3) is 0 Å². The first-order valence-electron chi connectivity index (χ1n) is 7.02. The van der Waals surface area contributed by atoms with Crippen LogP contribution in [0.2, 0.25) is 0 Å². The van der Waals surface area contributed by atoms with Crippen LogP contribution in [-0.2, 0) is 15.1 Å². The highest BCUT2D eigenvalue weighted by atomic mass is 16.5. The van der Waals surface area contributed by atoms with E-state index in [4.69, 9.17) is 9.47 Å². The summed E-state index contributed by atoms with van der Waals surface area (Å²) in [5, 5.41) is 3.50. The number of aromatic nitrogens is 1. The summed E-state index contributed by atoms with van der Waals surface area (Å²) in [5.41, 5.74) is 3.51. The third kappa shape index (κ3) is 2.08. The molecule has 1 spiro atoms. The topological polar surface area (TPSA) is 43.4 Å². The average molecular weight is 262 g/mol. The minimum absolute atomic E-state index is 0.0230. The van der Waals surface area contributed by atoms with Crippen molar-refractivity contribution in [1.82, 2.24) is 10.3 Å². The molecule has 0 radical (unpaired) electrons. The van der Waals surface area contributed by atoms with Crippen molar-refractivity contribution in [2.45, 2.75) is 44.4 Å². The number of piperidine rings is 1. The first-order chi connectivity index (χ1) is 9.16. The molecule has 4 heteroatoms. The molecule has 0 aliphatic carbocycles. The van der Waals surface area contributed by atoms with Crippen LogP contribution in [-0.4, -0.2) is 31.3 Å². The van der Waals surface area contributed by atoms with Gasteiger partial charge in [0, 0.05) is 24.9 Å². The largest absolute Gasteiger partial charge is 0.382 e. The lowest BCUT2D eigenvalue weighted by molar-refractivity contribution is -0.119. The summed E-state index contributed by atoms with van der Waals surface area (Å²) in [6, 6.07) is 2.56. The Morgan fingerprint density at radius 3 is 3.16 bits per heavy atom. The van der Waals surface area contributed by atoms with Gasteiger partial charge in [-0.2, -0.15) is 0 Å². The molecule has 1 N–H and O–H groups in total. The lowest BCUT2D eigenvalue weighted by Gasteiger charge is -2.38. The molecule has 0 saturated carbocycles. The Hall–Kier alpha value is -0.970. The van der Waals surface area contributed by atoms with Gasteiger partial charge in [-0.3, -0.25) is 4.98 Å². The summed E-state index contributed by atoms with van der Waals surface area (Å²) in [5.74, 6) is 0. The lowest BCUT2D eigenvalue weighted by atomic mass is 9.80. The van der Waals surface area contributed by atoms with Crippen LogP contribution in [0.3, 0.4) is 0 Å². The molecule has 3 rings (SSSR count). The van der Waals surface area contributed by atoms with Crippen LogP contribution < -0.4 is 5.32 Å². The third-order valence-corrected chi connectivity index (χ3v) is 4.29. The molecule has 1 saturated heterocycles. The van der Waals surface area contributed by atoms with E-state index >= 15 is 0 Å². The molecule has 0 bridgehead atoms. The van der Waals surface area contributed by atoms with E-state index in [2.05, 4.69) is 30.2 Å². The van der Waals surface area contributed by atoms with E-state index in [-0.39, 0.29) is 11.7 Å². The maximum absolute atomic E-state index is 6.42. The standard InChI is InChI=1S/C15H22N2O2/c1-10-4-6-17-14-12(9-18-3)19-15(13(10)14)5-7-16-11(2)8-15/h4,6,11-12,16H,5,7-9H2,1-3H3/t11-,12+,15-/m1/s1. The highest BCUT2D eigenvalue weighted by Crippen LogP contribution is 2.49. The summed E-state index contributed by atoms with van der Waals surface area (Å²) in [6.07, 6.45) is 3.87. The molecule has 3 atom stereocenters. The number of nitrogens with one attached hydrogen (secondary N) is 1. The number of rotatable bonds is 2. The normalized spacial score (nSPS) is 33.6. The quantitative estimate of drug-likeness (QED) is 0.886. The summed E-state index contributed by atoms with van der Waals surface area (Å²) in [6.45, 7) is 5.95. The van der Waals surface area contributed by atoms with Gasteiger partial charge in [0.1, 0.15) is 6.10 Å². The smallest absolute Gasteiger partial charge is 0.124 e. The van der Waals surface area contributed by atoms with Crippen molar-refractivity contribution in [3.63, 3.8) is 0 Å². The fraction of sp³-hybridized carbons (Fsp3) is 0.667. The van der Waals surface area contributed by atoms with Crippen LogP contribution in [0.5, 0.6) is 0 Å². The number of pyridine rings is 1. The minimum Gasteiger partial charge on any atom is -0.382 e. The van der Waals surface area contributed by atoms with E-state index in [0.717, 1.165) is 25.1 Å². The molecular formula is C15H22N2O2. The zero-order valence-corrected chi connectivity index (χ0v) is 11.9. The fourth-order valence-electron chi connectivity index (χ4n) is 3.59. The van der Waals surface area contributed by atoms with Crippen LogP contribution in [0.1, 0.15) is 42.7 Å². The Balaban J connectivity index is 2.05. The van der Waals surface area contributed by atoms with E-state index in [0.29, 0.717) is 12.6 Å². The van der Waals surface area contributed by atoms with Gasteiger partial charge in [0.25, 0.3) is 0 Å². The zero-order valence-electron chi connectivity index (χ0n) is 11.9. The van der Waals surface area contributed by atoms with E-state index in [1.807, 2.05) is 6.20 Å². The summed E-state index contributed by atoms with van der Waals surface area (Å²) in [4.78, 5) is 4.57. The van der Waals surface area contributed by atoms with Gasteiger partial charge >= 0.3 is 0 Å². The lowest BCUT2D eigenvalue weighted by Crippen LogP contribution is -2.45. The highest BCUT2D eigenvalue weighted by molar-refractivity contribution is 5.40. The first-order valence-corrected chi connectivity index (χ1v) is 7.02. The van der Waals surface area contributed by atoms with Crippen LogP contribution in [0.4, 0.5) is 0 Å². The molecule has 3 heterocycles. The Morgan fingerprint density at radius 2 is 2.42 bits per heavy atom. The van der Waals surface area contributed by atoms with Crippen LogP contribution in [0, 0.1) is 6.92 Å². The van der Waals surface area contributed by atoms with Crippen LogP contribution in [0.15, 0.2) is 12.3 Å². The SMILES string of the molecule is COC[C@@H]1O[C@@]2(CCN[C@H](C)C2)c2c(C)ccnc21. The van der Waals surface area contributed by atoms with Crippen molar-refractivity contribution < 1.29 is 9.47 Å². The summed E-state index contributed by atoms with van der Waals surface area (Å²) < 4.78 is 11.7. The molecule has 0 unspecified atom stereocenters. The molecular weight excluding hydrogens is 240 g/mol. The molecule has 2 aliphatic rings. The molecule has 0 aromatic carbocycles. The van der Waals surface area contributed by atoms with Gasteiger partial charge in [-0.25, -0.2) is 0 Å². The molecule has 4 nitrogen and oxygen atoms in total. The minimum atomic E-state index is -0.165. The van der Waals surface area contributed by atoms with Crippen molar-refractivity contribution in [3.05, 3.63) is 29.1 Å². The number of hydrogen-bond donors (Lipinski definition) is 1. The van der Waals surface area contributed by atoms with E-state index in [1.165, 1.54) is 11.1 Å². The van der Waals surface area contributed by atoms with Gasteiger partial charge in [0.15, 0.2) is 0 Å². The Bertz CT molecular complexity index is 477. The molecule has 1 aromatic heterocycles. The van der Waals surface area contributed by atoms with Gasteiger partial charge in [-0.05, 0) is 44.9 Å². The highest BCUT2D eigenvalue weighted by Gasteiger charge is 2.48. The average Bonchev–Trinajstić information content (AvgIpc) is 2.65. The number of ether oxygens (including phenoxy) is 2. The van der Waals surface area contributed by atoms with Crippen molar-refractivity contribution >= 4 is 0 Å². The van der Waals surface area contributed by atoms with Crippen molar-refractivity contribution in [2.24, 2.45) is 0 Å². The molecule has 1 aromatic rings. The number of hydrogen-bond acceptors (Lipinski definition) is 4. The van der Waals surface area contributed by atoms with Gasteiger partial charge in [-0.15, -0.1) is 0 Å². The molecule has 1 fully saturated rings. The number of fused-ring (bicyclic) bond motifs is 2. The second-order valence-corrected chi connectivity index (χ2v) is 5.75. The van der Waals surface area contributed by atoms with Crippen molar-refractivity contribution in [1.29, 1.82) is 0 Å². The second kappa shape index (κ2) is 4.85. The van der Waals surface area contributed by atoms with Crippen LogP contribution >= 0.6 is 0 Å². The zero-order chi connectivity index (χ0) is 13.5. The summed E-state index contributed by atoms with van der Waals surface area (Å²) in [7, 11) is 1.72. The monoisotopic (exact) mass is 262 g/mol. The first kappa shape index (κ1) is 13.0. The van der Waals surface area contributed by atoms with Crippen molar-refractivity contribution in [2.75, 3.05) is 20.3 Å². The summed E-state index contributed by atoms with van der Waals surface area (Å²) >= 11 is 0. The Morgan fingerprint density at radius 1 is 1.58 bits per heavy atom. The maximum Gasteiger partial charge on any atom is 0.124 e. The van der Waals surface area contributed by atoms with Gasteiger partial charge in [0.05, 0.1) is 17.9 Å². The molecule has 0 amide bonds. The van der Waals surface area contributed by atoms with Crippen molar-refractivity contribution in [3.8, 4) is 0 Å². The van der Waals surface area contributed by atoms with Gasteiger partial charge < -0.3 is 14.8 Å². The molecule has 2 aliphatic heterocycles. The van der Waals surface area contributed by atoms with Gasteiger partial charge in [-0.1, -0.05) is 0 Å². The van der Waals surface area contributed by atoms with E-state index in [1.54, 1.807) is 7.11 Å². The number of nitrogens with zero attached hydrogens (tertiary/aromatic N) is 1. The number of methoxy groups -OCH3 is 1. The fourth-order valence-corrected chi connectivity index (χ4v) is 3.59. The Labute approximate surface area is 114 Å². The predicted octanol–water partition coefficient (Wildman–Crippen LogP) is 2.07. The molecule has 19 heavy (non-hydrogen) atoms.